The fraction of sp³-hybridized carbons (Fsp3) is 0.167. The molecular weight excluding hydrogens is 418 g/mol. The molecule has 0 spiro atoms. The minimum absolute atomic E-state index is 0.101. The van der Waals surface area contributed by atoms with E-state index in [0.717, 1.165) is 57.3 Å². The Hall–Kier alpha value is -3.62. The van der Waals surface area contributed by atoms with Crippen molar-refractivity contribution in [1.82, 2.24) is 24.5 Å². The Morgan fingerprint density at radius 2 is 2.00 bits per heavy atom. The molecule has 8 heteroatoms. The quantitative estimate of drug-likeness (QED) is 0.430. The van der Waals surface area contributed by atoms with Gasteiger partial charge in [-0.1, -0.05) is 6.07 Å². The number of nitrogens with zero attached hydrogens (tertiary/aromatic N) is 5. The number of aromatic nitrogens is 5. The minimum Gasteiger partial charge on any atom is -0.383 e. The Bertz CT molecular complexity index is 1470. The molecule has 0 fully saturated rings. The Kier molecular flexibility index (Phi) is 4.31. The Morgan fingerprint density at radius 3 is 2.81 bits per heavy atom. The van der Waals surface area contributed by atoms with E-state index >= 15 is 0 Å². The number of anilines is 1. The van der Waals surface area contributed by atoms with Gasteiger partial charge < -0.3 is 11.5 Å². The van der Waals surface area contributed by atoms with Gasteiger partial charge in [0, 0.05) is 29.5 Å². The van der Waals surface area contributed by atoms with E-state index in [1.165, 1.54) is 11.1 Å². The van der Waals surface area contributed by atoms with Crippen LogP contribution in [0.15, 0.2) is 54.2 Å². The summed E-state index contributed by atoms with van der Waals surface area (Å²) in [5.74, 6) is 1.16. The molecule has 0 saturated heterocycles. The van der Waals surface area contributed by atoms with Crippen LogP contribution in [0.4, 0.5) is 5.82 Å². The van der Waals surface area contributed by atoms with Crippen LogP contribution in [0.1, 0.15) is 29.2 Å². The van der Waals surface area contributed by atoms with E-state index in [2.05, 4.69) is 39.7 Å². The van der Waals surface area contributed by atoms with Crippen molar-refractivity contribution in [1.29, 1.82) is 0 Å². The first kappa shape index (κ1) is 19.1. The lowest BCUT2D eigenvalue weighted by Crippen LogP contribution is -2.06. The predicted molar refractivity (Wildman–Crippen MR) is 128 cm³/mol. The second-order valence-electron chi connectivity index (χ2n) is 8.07. The van der Waals surface area contributed by atoms with Crippen LogP contribution in [0, 0.1) is 6.92 Å². The molecule has 4 N–H and O–H groups in total. The first-order valence-electron chi connectivity index (χ1n) is 10.5. The largest absolute Gasteiger partial charge is 0.383 e. The van der Waals surface area contributed by atoms with Crippen molar-refractivity contribution in [2.45, 2.75) is 25.8 Å². The molecule has 1 aliphatic rings. The van der Waals surface area contributed by atoms with E-state index in [4.69, 9.17) is 21.4 Å². The number of aryl methyl sites for hydroxylation is 2. The SMILES string of the molecule is Cc1cc(-c2nccs2)nc2c1nc(-c1cccnc1N)n2-c1ccc2c(c1)CC[C@@H]2N. The number of hydrogen-bond acceptors (Lipinski definition) is 7. The fourth-order valence-electron chi connectivity index (χ4n) is 4.47. The number of hydrogen-bond donors (Lipinski definition) is 2. The van der Waals surface area contributed by atoms with E-state index in [1.807, 2.05) is 23.6 Å². The van der Waals surface area contributed by atoms with Crippen LogP contribution in [0.3, 0.4) is 0 Å². The molecule has 5 aromatic rings. The summed E-state index contributed by atoms with van der Waals surface area (Å²) in [6.45, 7) is 2.05. The molecule has 1 aromatic carbocycles. The van der Waals surface area contributed by atoms with Crippen molar-refractivity contribution in [3.63, 3.8) is 0 Å². The molecule has 6 rings (SSSR count). The highest BCUT2D eigenvalue weighted by atomic mass is 32.1. The van der Waals surface area contributed by atoms with Gasteiger partial charge in [-0.15, -0.1) is 11.3 Å². The lowest BCUT2D eigenvalue weighted by Gasteiger charge is -2.13. The summed E-state index contributed by atoms with van der Waals surface area (Å²) in [4.78, 5) is 18.7. The Labute approximate surface area is 188 Å². The average molecular weight is 440 g/mol. The smallest absolute Gasteiger partial charge is 0.165 e. The van der Waals surface area contributed by atoms with Gasteiger partial charge in [-0.2, -0.15) is 0 Å². The third kappa shape index (κ3) is 2.91. The standard InChI is InChI=1S/C24H21N7S/c1-13-11-19(24-28-9-10-32-24)29-23-20(13)30-22(17-3-2-8-27-21(17)26)31(23)15-5-6-16-14(12-15)4-7-18(16)25/h2-3,5-6,8-12,18H,4,7,25H2,1H3,(H2,26,27)/t18-/m0/s1. The van der Waals surface area contributed by atoms with E-state index in [1.54, 1.807) is 23.7 Å². The molecule has 1 aliphatic carbocycles. The minimum atomic E-state index is 0.101. The van der Waals surface area contributed by atoms with Gasteiger partial charge >= 0.3 is 0 Å². The highest BCUT2D eigenvalue weighted by molar-refractivity contribution is 7.13. The number of fused-ring (bicyclic) bond motifs is 2. The molecule has 0 amide bonds. The molecule has 4 aromatic heterocycles. The number of pyridine rings is 2. The molecule has 0 unspecified atom stereocenters. The van der Waals surface area contributed by atoms with Crippen LogP contribution in [-0.4, -0.2) is 24.5 Å². The number of nitrogens with two attached hydrogens (primary N) is 2. The zero-order chi connectivity index (χ0) is 21.8. The highest BCUT2D eigenvalue weighted by Gasteiger charge is 2.23. The maximum Gasteiger partial charge on any atom is 0.165 e. The van der Waals surface area contributed by atoms with Gasteiger partial charge in [-0.3, -0.25) is 4.57 Å². The first-order chi connectivity index (χ1) is 15.6. The normalized spacial score (nSPS) is 15.4. The molecule has 0 aliphatic heterocycles. The third-order valence-corrected chi connectivity index (χ3v) is 6.84. The summed E-state index contributed by atoms with van der Waals surface area (Å²) in [7, 11) is 0. The summed E-state index contributed by atoms with van der Waals surface area (Å²) in [6.07, 6.45) is 5.42. The second kappa shape index (κ2) is 7.22. The molecule has 158 valence electrons. The van der Waals surface area contributed by atoms with Gasteiger partial charge in [0.05, 0.1) is 5.56 Å². The first-order valence-corrected chi connectivity index (χ1v) is 11.4. The van der Waals surface area contributed by atoms with Crippen LogP contribution in [0.5, 0.6) is 0 Å². The molecule has 0 saturated carbocycles. The predicted octanol–water partition coefficient (Wildman–Crippen LogP) is 4.44. The van der Waals surface area contributed by atoms with Crippen molar-refractivity contribution in [2.75, 3.05) is 5.73 Å². The van der Waals surface area contributed by atoms with E-state index in [-0.39, 0.29) is 6.04 Å². The van der Waals surface area contributed by atoms with Crippen LogP contribution in [-0.2, 0) is 6.42 Å². The van der Waals surface area contributed by atoms with E-state index in [9.17, 15) is 0 Å². The highest BCUT2D eigenvalue weighted by Crippen LogP contribution is 2.36. The second-order valence-corrected chi connectivity index (χ2v) is 8.96. The van der Waals surface area contributed by atoms with Gasteiger partial charge in [0.1, 0.15) is 22.0 Å². The zero-order valence-corrected chi connectivity index (χ0v) is 18.3. The van der Waals surface area contributed by atoms with Crippen molar-refractivity contribution in [3.8, 4) is 27.8 Å². The Morgan fingerprint density at radius 1 is 1.09 bits per heavy atom. The molecule has 0 radical (unpaired) electrons. The van der Waals surface area contributed by atoms with Gasteiger partial charge in [0.15, 0.2) is 11.5 Å². The maximum absolute atomic E-state index is 6.28. The van der Waals surface area contributed by atoms with Crippen LogP contribution >= 0.6 is 11.3 Å². The van der Waals surface area contributed by atoms with Crippen molar-refractivity contribution < 1.29 is 0 Å². The Balaban J connectivity index is 1.67. The van der Waals surface area contributed by atoms with Gasteiger partial charge in [0.2, 0.25) is 0 Å². The topological polar surface area (TPSA) is 109 Å². The van der Waals surface area contributed by atoms with Gasteiger partial charge in [-0.05, 0) is 66.8 Å². The molecule has 4 heterocycles. The fourth-order valence-corrected chi connectivity index (χ4v) is 5.06. The number of rotatable bonds is 3. The summed E-state index contributed by atoms with van der Waals surface area (Å²) in [5, 5.41) is 2.84. The third-order valence-electron chi connectivity index (χ3n) is 6.05. The summed E-state index contributed by atoms with van der Waals surface area (Å²) in [6, 6.07) is 12.4. The number of benzene rings is 1. The zero-order valence-electron chi connectivity index (χ0n) is 17.5. The summed E-state index contributed by atoms with van der Waals surface area (Å²) >= 11 is 1.57. The maximum atomic E-state index is 6.28. The molecule has 32 heavy (non-hydrogen) atoms. The molecule has 7 nitrogen and oxygen atoms in total. The lowest BCUT2D eigenvalue weighted by molar-refractivity contribution is 0.713. The average Bonchev–Trinajstić information content (AvgIpc) is 3.53. The van der Waals surface area contributed by atoms with Crippen LogP contribution in [0.2, 0.25) is 0 Å². The number of thiazole rings is 1. The van der Waals surface area contributed by atoms with Gasteiger partial charge in [-0.25, -0.2) is 19.9 Å². The molecule has 1 atom stereocenters. The lowest BCUT2D eigenvalue weighted by atomic mass is 10.1. The van der Waals surface area contributed by atoms with E-state index < -0.39 is 0 Å². The summed E-state index contributed by atoms with van der Waals surface area (Å²) in [5.41, 5.74) is 20.3. The van der Waals surface area contributed by atoms with Crippen molar-refractivity contribution in [2.24, 2.45) is 5.73 Å². The van der Waals surface area contributed by atoms with E-state index in [0.29, 0.717) is 5.82 Å². The molecular formula is C24H21N7S. The van der Waals surface area contributed by atoms with Crippen molar-refractivity contribution >= 4 is 28.3 Å². The monoisotopic (exact) mass is 439 g/mol. The van der Waals surface area contributed by atoms with Gasteiger partial charge in [0.25, 0.3) is 0 Å². The summed E-state index contributed by atoms with van der Waals surface area (Å²) < 4.78 is 2.08. The number of nitrogen functional groups attached to an aromatic ring is 1. The van der Waals surface area contributed by atoms with Crippen LogP contribution in [0.25, 0.3) is 38.9 Å². The van der Waals surface area contributed by atoms with Crippen LogP contribution < -0.4 is 11.5 Å². The van der Waals surface area contributed by atoms with Crippen molar-refractivity contribution in [3.05, 3.63) is 70.9 Å². The number of imidazole rings is 1. The molecule has 0 bridgehead atoms.